The highest BCUT2D eigenvalue weighted by Gasteiger charge is 2.13. The highest BCUT2D eigenvalue weighted by Crippen LogP contribution is 2.13. The minimum absolute atomic E-state index is 0.331. The summed E-state index contributed by atoms with van der Waals surface area (Å²) in [5.41, 5.74) is 3.83. The van der Waals surface area contributed by atoms with Crippen molar-refractivity contribution >= 4 is 0 Å². The molecule has 1 N–H and O–H groups in total. The van der Waals surface area contributed by atoms with E-state index >= 15 is 0 Å². The van der Waals surface area contributed by atoms with Gasteiger partial charge in [-0.2, -0.15) is 0 Å². The molecule has 1 unspecified atom stereocenters. The lowest BCUT2D eigenvalue weighted by Gasteiger charge is -2.25. The van der Waals surface area contributed by atoms with Crippen molar-refractivity contribution in [2.24, 2.45) is 0 Å². The molecule has 0 aliphatic heterocycles. The van der Waals surface area contributed by atoms with Gasteiger partial charge in [0.1, 0.15) is 0 Å². The lowest BCUT2D eigenvalue weighted by molar-refractivity contribution is 0.0978. The van der Waals surface area contributed by atoms with Gasteiger partial charge in [-0.3, -0.25) is 4.90 Å². The van der Waals surface area contributed by atoms with Crippen LogP contribution in [0.25, 0.3) is 0 Å². The standard InChI is InChI=1S/C24H27NO/c26-24(17-16-21-10-4-1-5-11-21)20-25(18-22-12-6-2-7-13-22)19-23-14-8-3-9-15-23/h1-15,24,26H,16-20H2. The van der Waals surface area contributed by atoms with Crippen LogP contribution in [0.5, 0.6) is 0 Å². The minimum atomic E-state index is -0.331. The molecule has 134 valence electrons. The van der Waals surface area contributed by atoms with E-state index in [0.717, 1.165) is 25.9 Å². The fourth-order valence-corrected chi connectivity index (χ4v) is 3.24. The molecule has 0 aliphatic carbocycles. The summed E-state index contributed by atoms with van der Waals surface area (Å²) in [6.07, 6.45) is 1.36. The third-order valence-corrected chi connectivity index (χ3v) is 4.58. The Morgan fingerprint density at radius 1 is 0.615 bits per heavy atom. The topological polar surface area (TPSA) is 23.5 Å². The number of benzene rings is 3. The third kappa shape index (κ3) is 6.14. The van der Waals surface area contributed by atoms with E-state index in [0.29, 0.717) is 6.54 Å². The van der Waals surface area contributed by atoms with Crippen LogP contribution in [0.1, 0.15) is 23.1 Å². The summed E-state index contributed by atoms with van der Waals surface area (Å²) in [6, 6.07) is 31.3. The number of hydrogen-bond donors (Lipinski definition) is 1. The summed E-state index contributed by atoms with van der Waals surface area (Å²) in [7, 11) is 0. The number of aryl methyl sites for hydroxylation is 1. The predicted molar refractivity (Wildman–Crippen MR) is 108 cm³/mol. The van der Waals surface area contributed by atoms with Crippen LogP contribution >= 0.6 is 0 Å². The molecule has 3 rings (SSSR count). The van der Waals surface area contributed by atoms with Gasteiger partial charge in [0.25, 0.3) is 0 Å². The second-order valence-corrected chi connectivity index (χ2v) is 6.82. The first-order valence-electron chi connectivity index (χ1n) is 9.32. The lowest BCUT2D eigenvalue weighted by atomic mass is 10.1. The molecule has 0 spiro atoms. The SMILES string of the molecule is OC(CCc1ccccc1)CN(Cc1ccccc1)Cc1ccccc1. The molecule has 1 atom stereocenters. The van der Waals surface area contributed by atoms with Gasteiger partial charge in [0, 0.05) is 19.6 Å². The Labute approximate surface area is 156 Å². The smallest absolute Gasteiger partial charge is 0.0670 e. The van der Waals surface area contributed by atoms with Crippen LogP contribution in [0.2, 0.25) is 0 Å². The summed E-state index contributed by atoms with van der Waals surface area (Å²) in [5.74, 6) is 0. The highest BCUT2D eigenvalue weighted by atomic mass is 16.3. The maximum atomic E-state index is 10.6. The zero-order valence-corrected chi connectivity index (χ0v) is 15.2. The van der Waals surface area contributed by atoms with Gasteiger partial charge in [-0.25, -0.2) is 0 Å². The molecule has 0 bridgehead atoms. The van der Waals surface area contributed by atoms with Gasteiger partial charge >= 0.3 is 0 Å². The van der Waals surface area contributed by atoms with Crippen molar-refractivity contribution in [2.75, 3.05) is 6.54 Å². The van der Waals surface area contributed by atoms with E-state index in [1.807, 2.05) is 18.2 Å². The molecule has 0 aromatic heterocycles. The molecule has 2 nitrogen and oxygen atoms in total. The average Bonchev–Trinajstić information content (AvgIpc) is 2.69. The molecule has 3 aromatic rings. The molecule has 0 saturated carbocycles. The molecule has 0 aliphatic rings. The predicted octanol–water partition coefficient (Wildman–Crippen LogP) is 4.68. The zero-order chi connectivity index (χ0) is 18.0. The molecule has 26 heavy (non-hydrogen) atoms. The Kier molecular flexibility index (Phi) is 7.00. The van der Waals surface area contributed by atoms with Crippen molar-refractivity contribution in [3.8, 4) is 0 Å². The largest absolute Gasteiger partial charge is 0.392 e. The Balaban J connectivity index is 1.60. The van der Waals surface area contributed by atoms with Gasteiger partial charge in [0.15, 0.2) is 0 Å². The minimum Gasteiger partial charge on any atom is -0.392 e. The summed E-state index contributed by atoms with van der Waals surface area (Å²) in [6.45, 7) is 2.37. The second-order valence-electron chi connectivity index (χ2n) is 6.82. The summed E-state index contributed by atoms with van der Waals surface area (Å²) >= 11 is 0. The van der Waals surface area contributed by atoms with E-state index in [4.69, 9.17) is 0 Å². The van der Waals surface area contributed by atoms with E-state index in [1.54, 1.807) is 0 Å². The van der Waals surface area contributed by atoms with Crippen LogP contribution in [0, 0.1) is 0 Å². The van der Waals surface area contributed by atoms with Crippen LogP contribution in [0.3, 0.4) is 0 Å². The molecular weight excluding hydrogens is 318 g/mol. The summed E-state index contributed by atoms with van der Waals surface area (Å²) < 4.78 is 0. The number of hydrogen-bond acceptors (Lipinski definition) is 2. The molecular formula is C24H27NO. The van der Waals surface area contributed by atoms with Crippen LogP contribution in [-0.4, -0.2) is 22.7 Å². The normalized spacial score (nSPS) is 12.2. The summed E-state index contributed by atoms with van der Waals surface area (Å²) in [4.78, 5) is 2.33. The maximum Gasteiger partial charge on any atom is 0.0670 e. The van der Waals surface area contributed by atoms with Crippen LogP contribution in [0.15, 0.2) is 91.0 Å². The van der Waals surface area contributed by atoms with Crippen molar-refractivity contribution in [1.29, 1.82) is 0 Å². The quantitative estimate of drug-likeness (QED) is 0.608. The Morgan fingerprint density at radius 2 is 1.04 bits per heavy atom. The van der Waals surface area contributed by atoms with E-state index in [2.05, 4.69) is 77.7 Å². The monoisotopic (exact) mass is 345 g/mol. The number of nitrogens with zero attached hydrogens (tertiary/aromatic N) is 1. The number of aliphatic hydroxyl groups is 1. The number of rotatable bonds is 9. The Morgan fingerprint density at radius 3 is 1.50 bits per heavy atom. The Bertz CT molecular complexity index is 701. The first-order valence-corrected chi connectivity index (χ1v) is 9.32. The number of aliphatic hydroxyl groups excluding tert-OH is 1. The molecule has 0 fully saturated rings. The molecule has 0 saturated heterocycles. The fourth-order valence-electron chi connectivity index (χ4n) is 3.24. The van der Waals surface area contributed by atoms with Gasteiger partial charge in [-0.1, -0.05) is 91.0 Å². The molecule has 2 heteroatoms. The van der Waals surface area contributed by atoms with Gasteiger partial charge in [-0.15, -0.1) is 0 Å². The first-order chi connectivity index (χ1) is 12.8. The van der Waals surface area contributed by atoms with Gasteiger partial charge in [0.05, 0.1) is 6.10 Å². The van der Waals surface area contributed by atoms with E-state index < -0.39 is 0 Å². The zero-order valence-electron chi connectivity index (χ0n) is 15.2. The van der Waals surface area contributed by atoms with Crippen molar-refractivity contribution in [1.82, 2.24) is 4.90 Å². The maximum absolute atomic E-state index is 10.6. The third-order valence-electron chi connectivity index (χ3n) is 4.58. The van der Waals surface area contributed by atoms with E-state index in [-0.39, 0.29) is 6.10 Å². The van der Waals surface area contributed by atoms with Gasteiger partial charge in [-0.05, 0) is 29.5 Å². The molecule has 0 amide bonds. The van der Waals surface area contributed by atoms with Crippen LogP contribution < -0.4 is 0 Å². The van der Waals surface area contributed by atoms with Crippen molar-refractivity contribution < 1.29 is 5.11 Å². The van der Waals surface area contributed by atoms with E-state index in [9.17, 15) is 5.11 Å². The van der Waals surface area contributed by atoms with Gasteiger partial charge in [0.2, 0.25) is 0 Å². The van der Waals surface area contributed by atoms with Crippen molar-refractivity contribution in [3.63, 3.8) is 0 Å². The first kappa shape index (κ1) is 18.4. The average molecular weight is 345 g/mol. The highest BCUT2D eigenvalue weighted by molar-refractivity contribution is 5.17. The van der Waals surface area contributed by atoms with Crippen molar-refractivity contribution in [2.45, 2.75) is 32.0 Å². The molecule has 0 radical (unpaired) electrons. The van der Waals surface area contributed by atoms with Crippen molar-refractivity contribution in [3.05, 3.63) is 108 Å². The molecule has 3 aromatic carbocycles. The summed E-state index contributed by atoms with van der Waals surface area (Å²) in [5, 5.41) is 10.6. The lowest BCUT2D eigenvalue weighted by Crippen LogP contribution is -2.32. The fraction of sp³-hybridized carbons (Fsp3) is 0.250. The van der Waals surface area contributed by atoms with E-state index in [1.165, 1.54) is 16.7 Å². The van der Waals surface area contributed by atoms with Crippen LogP contribution in [-0.2, 0) is 19.5 Å². The molecule has 0 heterocycles. The second kappa shape index (κ2) is 9.91. The van der Waals surface area contributed by atoms with Crippen LogP contribution in [0.4, 0.5) is 0 Å². The Hall–Kier alpha value is -2.42. The van der Waals surface area contributed by atoms with Gasteiger partial charge < -0.3 is 5.11 Å².